The Labute approximate surface area is 202 Å². The lowest BCUT2D eigenvalue weighted by molar-refractivity contribution is 0.0730. The highest BCUT2D eigenvalue weighted by atomic mass is 19.2. The van der Waals surface area contributed by atoms with Crippen LogP contribution in [0.5, 0.6) is 5.75 Å². The van der Waals surface area contributed by atoms with Crippen molar-refractivity contribution < 1.29 is 27.4 Å². The van der Waals surface area contributed by atoms with Crippen molar-refractivity contribution in [2.45, 2.75) is 37.7 Å². The Bertz CT molecular complexity index is 1260. The van der Waals surface area contributed by atoms with Crippen LogP contribution in [0.15, 0.2) is 67.3 Å². The number of carbonyl (C=O) groups excluding carboxylic acids is 1. The van der Waals surface area contributed by atoms with Crippen LogP contribution >= 0.6 is 0 Å². The summed E-state index contributed by atoms with van der Waals surface area (Å²) in [7, 11) is 0. The summed E-state index contributed by atoms with van der Waals surface area (Å²) in [5.41, 5.74) is 1.48. The van der Waals surface area contributed by atoms with Gasteiger partial charge in [-0.2, -0.15) is 0 Å². The maximum atomic E-state index is 15.0. The first kappa shape index (κ1) is 23.4. The molecule has 1 aliphatic heterocycles. The largest absolute Gasteiger partial charge is 0.423 e. The molecule has 3 aromatic rings. The molecule has 35 heavy (non-hydrogen) atoms. The van der Waals surface area contributed by atoms with Gasteiger partial charge in [0, 0.05) is 5.56 Å². The van der Waals surface area contributed by atoms with Crippen LogP contribution in [-0.2, 0) is 4.74 Å². The highest BCUT2D eigenvalue weighted by molar-refractivity contribution is 5.91. The van der Waals surface area contributed by atoms with Gasteiger partial charge in [0.25, 0.3) is 0 Å². The van der Waals surface area contributed by atoms with Crippen LogP contribution in [0.3, 0.4) is 0 Å². The van der Waals surface area contributed by atoms with E-state index < -0.39 is 23.4 Å². The molecule has 3 aromatic carbocycles. The number of epoxide rings is 1. The van der Waals surface area contributed by atoms with Crippen molar-refractivity contribution in [1.82, 2.24) is 0 Å². The van der Waals surface area contributed by atoms with Gasteiger partial charge >= 0.3 is 5.97 Å². The Hall–Kier alpha value is -3.38. The fourth-order valence-corrected chi connectivity index (χ4v) is 4.77. The van der Waals surface area contributed by atoms with E-state index in [0.29, 0.717) is 29.2 Å². The van der Waals surface area contributed by atoms with Gasteiger partial charge in [-0.1, -0.05) is 36.4 Å². The van der Waals surface area contributed by atoms with Crippen molar-refractivity contribution in [2.24, 2.45) is 5.92 Å². The van der Waals surface area contributed by atoms with E-state index in [1.165, 1.54) is 24.3 Å². The minimum atomic E-state index is -0.889. The van der Waals surface area contributed by atoms with Crippen molar-refractivity contribution in [2.75, 3.05) is 6.61 Å². The fraction of sp³-hybridized carbons (Fsp3) is 0.276. The molecule has 3 nitrogen and oxygen atoms in total. The zero-order valence-electron chi connectivity index (χ0n) is 19.1. The fourth-order valence-electron chi connectivity index (χ4n) is 4.77. The minimum Gasteiger partial charge on any atom is -0.423 e. The highest BCUT2D eigenvalue weighted by Crippen LogP contribution is 2.39. The van der Waals surface area contributed by atoms with Crippen molar-refractivity contribution >= 4 is 5.97 Å². The summed E-state index contributed by atoms with van der Waals surface area (Å²) in [4.78, 5) is 12.4. The summed E-state index contributed by atoms with van der Waals surface area (Å²) in [5.74, 6) is -2.61. The number of carbonyl (C=O) groups is 1. The molecule has 180 valence electrons. The minimum absolute atomic E-state index is 0.00259. The van der Waals surface area contributed by atoms with E-state index >= 15 is 0 Å². The van der Waals surface area contributed by atoms with Gasteiger partial charge in [0.05, 0.1) is 12.2 Å². The molecule has 0 spiro atoms. The Kier molecular flexibility index (Phi) is 6.48. The summed E-state index contributed by atoms with van der Waals surface area (Å²) in [6.07, 6.45) is 5.30. The lowest BCUT2D eigenvalue weighted by Crippen LogP contribution is -2.13. The van der Waals surface area contributed by atoms with Gasteiger partial charge < -0.3 is 9.47 Å². The van der Waals surface area contributed by atoms with Gasteiger partial charge in [0.15, 0.2) is 11.6 Å². The molecule has 0 aromatic heterocycles. The quantitative estimate of drug-likeness (QED) is 0.159. The van der Waals surface area contributed by atoms with Gasteiger partial charge in [0.2, 0.25) is 0 Å². The zero-order chi connectivity index (χ0) is 24.5. The van der Waals surface area contributed by atoms with E-state index in [9.17, 15) is 18.0 Å². The van der Waals surface area contributed by atoms with Crippen molar-refractivity contribution in [3.63, 3.8) is 0 Å². The summed E-state index contributed by atoms with van der Waals surface area (Å²) < 4.78 is 54.7. The van der Waals surface area contributed by atoms with Crippen molar-refractivity contribution in [1.29, 1.82) is 0 Å². The second-order valence-electron chi connectivity index (χ2n) is 9.15. The molecule has 0 amide bonds. The van der Waals surface area contributed by atoms with E-state index in [0.717, 1.165) is 25.7 Å². The van der Waals surface area contributed by atoms with Crippen LogP contribution in [0.4, 0.5) is 13.2 Å². The Morgan fingerprint density at radius 3 is 2.29 bits per heavy atom. The van der Waals surface area contributed by atoms with E-state index in [4.69, 9.17) is 9.47 Å². The van der Waals surface area contributed by atoms with Crippen LogP contribution in [0.1, 0.15) is 59.2 Å². The van der Waals surface area contributed by atoms with Crippen LogP contribution in [-0.4, -0.2) is 12.6 Å². The predicted molar refractivity (Wildman–Crippen MR) is 127 cm³/mol. The Balaban J connectivity index is 1.29. The van der Waals surface area contributed by atoms with E-state index in [1.54, 1.807) is 30.3 Å². The molecule has 5 rings (SSSR count). The molecule has 1 saturated heterocycles. The molecule has 0 N–H and O–H groups in total. The van der Waals surface area contributed by atoms with E-state index in [2.05, 4.69) is 6.58 Å². The van der Waals surface area contributed by atoms with Crippen LogP contribution in [0.25, 0.3) is 11.1 Å². The van der Waals surface area contributed by atoms with Gasteiger partial charge in [-0.15, -0.1) is 6.58 Å². The summed E-state index contributed by atoms with van der Waals surface area (Å²) >= 11 is 0. The third-order valence-corrected chi connectivity index (χ3v) is 6.95. The number of allylic oxidation sites excluding steroid dienone is 1. The topological polar surface area (TPSA) is 38.8 Å². The molecule has 1 unspecified atom stereocenters. The molecular formula is C29H25F3O3. The number of halogens is 3. The van der Waals surface area contributed by atoms with Gasteiger partial charge in [-0.05, 0) is 78.5 Å². The zero-order valence-corrected chi connectivity index (χ0v) is 19.1. The van der Waals surface area contributed by atoms with Crippen LogP contribution in [0.2, 0.25) is 0 Å². The number of rotatable bonds is 6. The highest BCUT2D eigenvalue weighted by Gasteiger charge is 2.27. The first-order valence-electron chi connectivity index (χ1n) is 11.8. The third-order valence-electron chi connectivity index (χ3n) is 6.95. The van der Waals surface area contributed by atoms with Gasteiger partial charge in [-0.25, -0.2) is 18.0 Å². The maximum absolute atomic E-state index is 15.0. The smallest absolute Gasteiger partial charge is 0.346 e. The molecule has 1 aliphatic carbocycles. The second kappa shape index (κ2) is 9.70. The summed E-state index contributed by atoms with van der Waals surface area (Å²) in [6.45, 7) is 4.37. The molecule has 0 bridgehead atoms. The lowest BCUT2D eigenvalue weighted by Gasteiger charge is -2.27. The first-order valence-corrected chi connectivity index (χ1v) is 11.8. The van der Waals surface area contributed by atoms with Gasteiger partial charge in [-0.3, -0.25) is 0 Å². The number of ether oxygens (including phenoxy) is 2. The van der Waals surface area contributed by atoms with Gasteiger partial charge in [0.1, 0.15) is 17.7 Å². The molecule has 0 radical (unpaired) electrons. The molecule has 1 heterocycles. The molecule has 2 aliphatic rings. The normalized spacial score (nSPS) is 21.4. The second-order valence-corrected chi connectivity index (χ2v) is 9.15. The Morgan fingerprint density at radius 2 is 1.66 bits per heavy atom. The molecule has 6 heteroatoms. The number of benzene rings is 3. The maximum Gasteiger partial charge on any atom is 0.346 e. The first-order chi connectivity index (χ1) is 16.9. The van der Waals surface area contributed by atoms with Crippen LogP contribution in [0, 0.1) is 23.4 Å². The summed E-state index contributed by atoms with van der Waals surface area (Å²) in [6, 6.07) is 13.6. The van der Waals surface area contributed by atoms with Crippen molar-refractivity contribution in [3.05, 3.63) is 101 Å². The standard InChI is InChI=1S/C29H25F3O3/c1-2-17-3-5-18(6-4-17)22-13-14-23(28(32)27(22)31)19-7-10-21(11-8-19)35-29(33)24-12-9-20(15-25(24)30)26-16-34-26/h2,7-15,17-18,26H,1,3-6,16H2. The van der Waals surface area contributed by atoms with E-state index in [-0.39, 0.29) is 28.9 Å². The number of hydrogen-bond donors (Lipinski definition) is 0. The number of hydrogen-bond acceptors (Lipinski definition) is 3. The van der Waals surface area contributed by atoms with Crippen molar-refractivity contribution in [3.8, 4) is 16.9 Å². The SMILES string of the molecule is C=CC1CCC(c2ccc(-c3ccc(OC(=O)c4ccc(C5CO5)cc4F)cc3)c(F)c2F)CC1. The average molecular weight is 479 g/mol. The summed E-state index contributed by atoms with van der Waals surface area (Å²) in [5, 5.41) is 0. The van der Waals surface area contributed by atoms with Crippen LogP contribution < -0.4 is 4.74 Å². The lowest BCUT2D eigenvalue weighted by atomic mass is 9.78. The molecule has 1 saturated carbocycles. The predicted octanol–water partition coefficient (Wildman–Crippen LogP) is 7.52. The molecular weight excluding hydrogens is 453 g/mol. The monoisotopic (exact) mass is 478 g/mol. The molecule has 1 atom stereocenters. The molecule has 2 fully saturated rings. The number of esters is 1. The third kappa shape index (κ3) is 4.89. The Morgan fingerprint density at radius 1 is 0.943 bits per heavy atom. The average Bonchev–Trinajstić information content (AvgIpc) is 3.72. The van der Waals surface area contributed by atoms with E-state index in [1.807, 2.05) is 6.08 Å².